The van der Waals surface area contributed by atoms with Crippen molar-refractivity contribution in [3.8, 4) is 28.4 Å². The number of fused-ring (bicyclic) bond motifs is 2. The molecule has 0 aliphatic carbocycles. The molecule has 8 heteroatoms. The number of aliphatic hydroxyl groups excluding tert-OH is 2. The Hall–Kier alpha value is -4.14. The summed E-state index contributed by atoms with van der Waals surface area (Å²) in [6.45, 7) is -0.543. The van der Waals surface area contributed by atoms with E-state index in [1.165, 1.54) is 4.57 Å². The van der Waals surface area contributed by atoms with Crippen molar-refractivity contribution < 1.29 is 24.1 Å². The molecule has 5 rings (SSSR count). The van der Waals surface area contributed by atoms with Crippen molar-refractivity contribution in [2.45, 2.75) is 13.2 Å². The van der Waals surface area contributed by atoms with Crippen molar-refractivity contribution >= 4 is 21.9 Å². The number of nitrogens with zero attached hydrogens (tertiary/aromatic N) is 2. The average Bonchev–Trinajstić information content (AvgIpc) is 3.22. The fourth-order valence-corrected chi connectivity index (χ4v) is 4.36. The number of rotatable bonds is 6. The topological polar surface area (TPSA) is 107 Å². The monoisotopic (exact) mass is 458 g/mol. The van der Waals surface area contributed by atoms with Crippen molar-refractivity contribution in [1.82, 2.24) is 9.55 Å². The van der Waals surface area contributed by atoms with Crippen LogP contribution in [0.3, 0.4) is 0 Å². The molecular formula is C26H22N2O6. The lowest BCUT2D eigenvalue weighted by atomic mass is 9.90. The Kier molecular flexibility index (Phi) is 5.53. The van der Waals surface area contributed by atoms with Crippen LogP contribution in [-0.4, -0.2) is 34.0 Å². The van der Waals surface area contributed by atoms with Crippen molar-refractivity contribution in [2.75, 3.05) is 14.2 Å². The quantitative estimate of drug-likeness (QED) is 0.399. The summed E-state index contributed by atoms with van der Waals surface area (Å²) >= 11 is 0. The third kappa shape index (κ3) is 3.40. The van der Waals surface area contributed by atoms with Gasteiger partial charge in [0.25, 0.3) is 0 Å². The summed E-state index contributed by atoms with van der Waals surface area (Å²) in [5, 5.41) is 21.9. The Labute approximate surface area is 194 Å². The lowest BCUT2D eigenvalue weighted by Gasteiger charge is -2.18. The minimum absolute atomic E-state index is 0.253. The van der Waals surface area contributed by atoms with Gasteiger partial charge in [-0.1, -0.05) is 12.1 Å². The molecule has 0 spiro atoms. The largest absolute Gasteiger partial charge is 0.493 e. The Morgan fingerprint density at radius 1 is 0.971 bits per heavy atom. The Morgan fingerprint density at radius 3 is 2.47 bits per heavy atom. The first-order valence-electron chi connectivity index (χ1n) is 10.6. The predicted molar refractivity (Wildman–Crippen MR) is 127 cm³/mol. The molecule has 5 aromatic rings. The van der Waals surface area contributed by atoms with E-state index >= 15 is 0 Å². The summed E-state index contributed by atoms with van der Waals surface area (Å²) in [6.07, 6.45) is 1.60. The lowest BCUT2D eigenvalue weighted by molar-refractivity contribution is 0.260. The maximum absolute atomic E-state index is 12.6. The van der Waals surface area contributed by atoms with Gasteiger partial charge in [-0.3, -0.25) is 0 Å². The molecule has 3 aromatic carbocycles. The molecule has 0 bridgehead atoms. The van der Waals surface area contributed by atoms with Gasteiger partial charge in [-0.05, 0) is 75.5 Å². The van der Waals surface area contributed by atoms with Gasteiger partial charge >= 0.3 is 5.76 Å². The number of ether oxygens (including phenoxy) is 2. The highest BCUT2D eigenvalue weighted by atomic mass is 16.5. The van der Waals surface area contributed by atoms with Gasteiger partial charge in [0.2, 0.25) is 0 Å². The first-order valence-corrected chi connectivity index (χ1v) is 10.6. The van der Waals surface area contributed by atoms with E-state index < -0.39 is 5.76 Å². The summed E-state index contributed by atoms with van der Waals surface area (Å²) in [5.41, 5.74) is 3.62. The van der Waals surface area contributed by atoms with Crippen molar-refractivity contribution in [2.24, 2.45) is 0 Å². The third-order valence-electron chi connectivity index (χ3n) is 5.92. The molecule has 0 radical (unpaired) electrons. The molecule has 8 nitrogen and oxygen atoms in total. The first-order chi connectivity index (χ1) is 16.6. The molecule has 34 heavy (non-hydrogen) atoms. The molecule has 0 amide bonds. The van der Waals surface area contributed by atoms with E-state index in [1.54, 1.807) is 50.7 Å². The Bertz CT molecular complexity index is 1580. The fourth-order valence-electron chi connectivity index (χ4n) is 4.36. The minimum atomic E-state index is -0.548. The molecule has 0 unspecified atom stereocenters. The van der Waals surface area contributed by atoms with Gasteiger partial charge in [0.15, 0.2) is 17.1 Å². The van der Waals surface area contributed by atoms with Gasteiger partial charge in [0.05, 0.1) is 33.0 Å². The molecule has 0 aliphatic rings. The van der Waals surface area contributed by atoms with Crippen LogP contribution in [0.25, 0.3) is 38.8 Å². The molecule has 2 heterocycles. The van der Waals surface area contributed by atoms with E-state index in [4.69, 9.17) is 13.9 Å². The van der Waals surface area contributed by atoms with Crippen LogP contribution in [-0.2, 0) is 13.2 Å². The SMILES string of the molecule is COc1cc2cc(CO)c(CO)c(-c3ccnc(-n4c(=O)oc5ccccc54)c3)c2cc1OC. The number of para-hydroxylation sites is 2. The van der Waals surface area contributed by atoms with E-state index in [1.807, 2.05) is 24.3 Å². The highest BCUT2D eigenvalue weighted by Gasteiger charge is 2.19. The number of hydrogen-bond acceptors (Lipinski definition) is 7. The van der Waals surface area contributed by atoms with E-state index in [0.29, 0.717) is 50.7 Å². The van der Waals surface area contributed by atoms with Crippen LogP contribution >= 0.6 is 0 Å². The zero-order valence-corrected chi connectivity index (χ0v) is 18.6. The van der Waals surface area contributed by atoms with Gasteiger partial charge in [0, 0.05) is 6.20 Å². The van der Waals surface area contributed by atoms with Crippen LogP contribution in [0, 0.1) is 0 Å². The number of benzene rings is 3. The van der Waals surface area contributed by atoms with Gasteiger partial charge in [0.1, 0.15) is 5.82 Å². The summed E-state index contributed by atoms with van der Waals surface area (Å²) in [5.74, 6) is 0.907. The standard InChI is InChI=1S/C26H22N2O6/c1-32-22-10-16-9-17(13-29)19(14-30)25(18(16)12-23(22)33-2)15-7-8-27-24(11-15)28-20-5-3-4-6-21(20)34-26(28)31/h3-12,29-30H,13-14H2,1-2H3. The van der Waals surface area contributed by atoms with Crippen LogP contribution < -0.4 is 15.2 Å². The molecule has 0 saturated carbocycles. The number of hydrogen-bond donors (Lipinski definition) is 2. The van der Waals surface area contributed by atoms with Crippen molar-refractivity contribution in [1.29, 1.82) is 0 Å². The Morgan fingerprint density at radius 2 is 1.74 bits per heavy atom. The average molecular weight is 458 g/mol. The zero-order chi connectivity index (χ0) is 23.8. The van der Waals surface area contributed by atoms with E-state index in [9.17, 15) is 15.0 Å². The summed E-state index contributed by atoms with van der Waals surface area (Å²) in [7, 11) is 3.11. The van der Waals surface area contributed by atoms with E-state index in [2.05, 4.69) is 4.98 Å². The lowest BCUT2D eigenvalue weighted by Crippen LogP contribution is -2.13. The second-order valence-corrected chi connectivity index (χ2v) is 7.71. The number of oxazole rings is 1. The smallest absolute Gasteiger partial charge is 0.425 e. The van der Waals surface area contributed by atoms with Crippen LogP contribution in [0.2, 0.25) is 0 Å². The number of aliphatic hydroxyl groups is 2. The molecule has 0 saturated heterocycles. The van der Waals surface area contributed by atoms with Crippen LogP contribution in [0.4, 0.5) is 0 Å². The van der Waals surface area contributed by atoms with E-state index in [0.717, 1.165) is 10.8 Å². The predicted octanol–water partition coefficient (Wildman–Crippen LogP) is 3.80. The normalized spacial score (nSPS) is 11.3. The molecule has 172 valence electrons. The van der Waals surface area contributed by atoms with E-state index in [-0.39, 0.29) is 13.2 Å². The van der Waals surface area contributed by atoms with Gasteiger partial charge < -0.3 is 24.1 Å². The van der Waals surface area contributed by atoms with Gasteiger partial charge in [-0.15, -0.1) is 0 Å². The maximum Gasteiger partial charge on any atom is 0.425 e. The highest BCUT2D eigenvalue weighted by molar-refractivity contribution is 6.01. The highest BCUT2D eigenvalue weighted by Crippen LogP contribution is 2.40. The molecule has 2 aromatic heterocycles. The number of methoxy groups -OCH3 is 2. The number of aromatic nitrogens is 2. The molecule has 0 aliphatic heterocycles. The van der Waals surface area contributed by atoms with Crippen LogP contribution in [0.1, 0.15) is 11.1 Å². The number of pyridine rings is 1. The minimum Gasteiger partial charge on any atom is -0.493 e. The molecule has 2 N–H and O–H groups in total. The molecule has 0 atom stereocenters. The fraction of sp³-hybridized carbons (Fsp3) is 0.154. The summed E-state index contributed by atoms with van der Waals surface area (Å²) < 4.78 is 17.7. The van der Waals surface area contributed by atoms with Crippen LogP contribution in [0.15, 0.2) is 70.0 Å². The summed E-state index contributed by atoms with van der Waals surface area (Å²) in [4.78, 5) is 17.0. The first kappa shape index (κ1) is 21.7. The summed E-state index contributed by atoms with van der Waals surface area (Å²) in [6, 6.07) is 16.2. The maximum atomic E-state index is 12.6. The Balaban J connectivity index is 1.82. The second kappa shape index (κ2) is 8.66. The van der Waals surface area contributed by atoms with Crippen molar-refractivity contribution in [3.05, 3.63) is 82.5 Å². The van der Waals surface area contributed by atoms with Gasteiger partial charge in [-0.25, -0.2) is 14.3 Å². The molecule has 0 fully saturated rings. The zero-order valence-electron chi connectivity index (χ0n) is 18.6. The van der Waals surface area contributed by atoms with Crippen LogP contribution in [0.5, 0.6) is 11.5 Å². The third-order valence-corrected chi connectivity index (χ3v) is 5.92. The van der Waals surface area contributed by atoms with Gasteiger partial charge in [-0.2, -0.15) is 0 Å². The molecular weight excluding hydrogens is 436 g/mol. The second-order valence-electron chi connectivity index (χ2n) is 7.71. The van der Waals surface area contributed by atoms with Crippen molar-refractivity contribution in [3.63, 3.8) is 0 Å².